The minimum Gasteiger partial charge on any atom is -0.338 e. The summed E-state index contributed by atoms with van der Waals surface area (Å²) in [6.07, 6.45) is 12.4. The molecule has 0 spiro atoms. The highest BCUT2D eigenvalue weighted by molar-refractivity contribution is 5.79. The Kier molecular flexibility index (Phi) is 4.35. The van der Waals surface area contributed by atoms with E-state index < -0.39 is 0 Å². The molecule has 3 heterocycles. The van der Waals surface area contributed by atoms with Crippen molar-refractivity contribution in [3.8, 4) is 0 Å². The average Bonchev–Trinajstić information content (AvgIpc) is 3.07. The zero-order chi connectivity index (χ0) is 16.5. The van der Waals surface area contributed by atoms with E-state index in [2.05, 4.69) is 29.1 Å². The van der Waals surface area contributed by atoms with Gasteiger partial charge in [0.15, 0.2) is 0 Å². The molecule has 24 heavy (non-hydrogen) atoms. The molecule has 1 aliphatic carbocycles. The maximum atomic E-state index is 12.7. The van der Waals surface area contributed by atoms with E-state index >= 15 is 0 Å². The van der Waals surface area contributed by atoms with Crippen LogP contribution < -0.4 is 0 Å². The Balaban J connectivity index is 1.47. The number of carbonyl (C=O) groups excluding carboxylic acids is 1. The number of hydrogen-bond acceptors (Lipinski definition) is 4. The standard InChI is InChI=1S/C19H26N4O/c1-22-10-5-8-17(22)18-20-12-15-13-23(11-9-16(15)21-18)19(24)14-6-3-2-4-7-14/h2-3,12,14,17H,4-11,13H2,1H3/t14-,17+/m0/s1. The topological polar surface area (TPSA) is 49.3 Å². The van der Waals surface area contributed by atoms with Crippen molar-refractivity contribution in [2.24, 2.45) is 5.92 Å². The fourth-order valence-corrected chi connectivity index (χ4v) is 4.19. The molecule has 0 N–H and O–H groups in total. The maximum absolute atomic E-state index is 12.7. The number of rotatable bonds is 2. The molecule has 4 rings (SSSR count). The van der Waals surface area contributed by atoms with Crippen LogP contribution in [0.5, 0.6) is 0 Å². The number of carbonyl (C=O) groups is 1. The third-order valence-electron chi connectivity index (χ3n) is 5.70. The first kappa shape index (κ1) is 15.8. The zero-order valence-electron chi connectivity index (χ0n) is 14.4. The summed E-state index contributed by atoms with van der Waals surface area (Å²) in [5.74, 6) is 1.44. The largest absolute Gasteiger partial charge is 0.338 e. The van der Waals surface area contributed by atoms with E-state index in [-0.39, 0.29) is 5.92 Å². The van der Waals surface area contributed by atoms with E-state index in [4.69, 9.17) is 4.98 Å². The van der Waals surface area contributed by atoms with Gasteiger partial charge in [-0.25, -0.2) is 9.97 Å². The van der Waals surface area contributed by atoms with E-state index in [0.29, 0.717) is 18.5 Å². The van der Waals surface area contributed by atoms with Gasteiger partial charge in [-0.05, 0) is 45.7 Å². The van der Waals surface area contributed by atoms with E-state index in [1.165, 1.54) is 6.42 Å². The number of allylic oxidation sites excluding steroid dienone is 2. The lowest BCUT2D eigenvalue weighted by atomic mass is 9.92. The van der Waals surface area contributed by atoms with Gasteiger partial charge in [0.05, 0.1) is 11.7 Å². The second-order valence-electron chi connectivity index (χ2n) is 7.33. The maximum Gasteiger partial charge on any atom is 0.226 e. The first-order chi connectivity index (χ1) is 11.7. The molecule has 1 saturated heterocycles. The van der Waals surface area contributed by atoms with Crippen LogP contribution in [-0.4, -0.2) is 45.8 Å². The van der Waals surface area contributed by atoms with E-state index in [1.807, 2.05) is 11.1 Å². The number of likely N-dealkylation sites (tertiary alicyclic amines) is 1. The second-order valence-corrected chi connectivity index (χ2v) is 7.33. The molecule has 1 amide bonds. The van der Waals surface area contributed by atoms with Gasteiger partial charge in [-0.2, -0.15) is 0 Å². The van der Waals surface area contributed by atoms with Crippen molar-refractivity contribution in [1.29, 1.82) is 0 Å². The van der Waals surface area contributed by atoms with Crippen LogP contribution in [0.4, 0.5) is 0 Å². The molecule has 0 aromatic carbocycles. The van der Waals surface area contributed by atoms with E-state index in [1.54, 1.807) is 0 Å². The van der Waals surface area contributed by atoms with Crippen LogP contribution in [0.25, 0.3) is 0 Å². The average molecular weight is 326 g/mol. The predicted octanol–water partition coefficient (Wildman–Crippen LogP) is 2.48. The zero-order valence-corrected chi connectivity index (χ0v) is 14.4. The smallest absolute Gasteiger partial charge is 0.226 e. The summed E-state index contributed by atoms with van der Waals surface area (Å²) in [5.41, 5.74) is 2.28. The lowest BCUT2D eigenvalue weighted by Crippen LogP contribution is -2.40. The van der Waals surface area contributed by atoms with Crippen molar-refractivity contribution in [2.45, 2.75) is 51.1 Å². The van der Waals surface area contributed by atoms with Crippen LogP contribution in [-0.2, 0) is 17.8 Å². The van der Waals surface area contributed by atoms with Crippen LogP contribution in [0.3, 0.4) is 0 Å². The van der Waals surface area contributed by atoms with Gasteiger partial charge in [0.2, 0.25) is 5.91 Å². The summed E-state index contributed by atoms with van der Waals surface area (Å²) in [4.78, 5) is 26.6. The highest BCUT2D eigenvalue weighted by Crippen LogP contribution is 2.29. The van der Waals surface area contributed by atoms with Crippen molar-refractivity contribution >= 4 is 5.91 Å². The Morgan fingerprint density at radius 3 is 2.92 bits per heavy atom. The number of nitrogens with zero attached hydrogens (tertiary/aromatic N) is 4. The van der Waals surface area contributed by atoms with Gasteiger partial charge in [0, 0.05) is 37.2 Å². The summed E-state index contributed by atoms with van der Waals surface area (Å²) in [6.45, 7) is 2.60. The molecule has 1 aromatic rings. The Hall–Kier alpha value is -1.75. The van der Waals surface area contributed by atoms with Gasteiger partial charge in [-0.3, -0.25) is 9.69 Å². The quantitative estimate of drug-likeness (QED) is 0.784. The number of hydrogen-bond donors (Lipinski definition) is 0. The monoisotopic (exact) mass is 326 g/mol. The van der Waals surface area contributed by atoms with Gasteiger partial charge in [-0.15, -0.1) is 0 Å². The second kappa shape index (κ2) is 6.63. The molecular formula is C19H26N4O. The van der Waals surface area contributed by atoms with Gasteiger partial charge in [0.1, 0.15) is 5.82 Å². The molecule has 5 heteroatoms. The molecule has 0 radical (unpaired) electrons. The number of fused-ring (bicyclic) bond motifs is 1. The summed E-state index contributed by atoms with van der Waals surface area (Å²) in [5, 5.41) is 0. The lowest BCUT2D eigenvalue weighted by molar-refractivity contribution is -0.136. The van der Waals surface area contributed by atoms with Crippen molar-refractivity contribution in [3.63, 3.8) is 0 Å². The van der Waals surface area contributed by atoms with Crippen LogP contribution in [0.2, 0.25) is 0 Å². The first-order valence-electron chi connectivity index (χ1n) is 9.21. The molecule has 1 fully saturated rings. The molecule has 2 atom stereocenters. The van der Waals surface area contributed by atoms with Crippen molar-refractivity contribution < 1.29 is 4.79 Å². The number of aromatic nitrogens is 2. The Labute approximate surface area is 143 Å². The van der Waals surface area contributed by atoms with Crippen LogP contribution >= 0.6 is 0 Å². The molecule has 3 aliphatic rings. The fraction of sp³-hybridized carbons (Fsp3) is 0.632. The van der Waals surface area contributed by atoms with Gasteiger partial charge >= 0.3 is 0 Å². The van der Waals surface area contributed by atoms with E-state index in [9.17, 15) is 4.79 Å². The summed E-state index contributed by atoms with van der Waals surface area (Å²) in [6, 6.07) is 0.365. The SMILES string of the molecule is CN1CCC[C@@H]1c1ncc2c(n1)CCN(C(=O)[C@H]1CC=CCC1)C2. The third-order valence-corrected chi connectivity index (χ3v) is 5.70. The van der Waals surface area contributed by atoms with E-state index in [0.717, 1.165) is 62.3 Å². The molecule has 128 valence electrons. The van der Waals surface area contributed by atoms with Crippen LogP contribution in [0.15, 0.2) is 18.3 Å². The predicted molar refractivity (Wildman–Crippen MR) is 92.2 cm³/mol. The fourth-order valence-electron chi connectivity index (χ4n) is 4.19. The minimum absolute atomic E-state index is 0.170. The third kappa shape index (κ3) is 2.97. The van der Waals surface area contributed by atoms with Crippen LogP contribution in [0.1, 0.15) is 55.2 Å². The highest BCUT2D eigenvalue weighted by atomic mass is 16.2. The summed E-state index contributed by atoms with van der Waals surface area (Å²) < 4.78 is 0. The van der Waals surface area contributed by atoms with Gasteiger partial charge in [0.25, 0.3) is 0 Å². The Bertz CT molecular complexity index is 657. The first-order valence-corrected chi connectivity index (χ1v) is 9.21. The Morgan fingerprint density at radius 2 is 2.17 bits per heavy atom. The van der Waals surface area contributed by atoms with Crippen molar-refractivity contribution in [3.05, 3.63) is 35.4 Å². The molecular weight excluding hydrogens is 300 g/mol. The van der Waals surface area contributed by atoms with Gasteiger partial charge < -0.3 is 4.90 Å². The van der Waals surface area contributed by atoms with Crippen molar-refractivity contribution in [1.82, 2.24) is 19.8 Å². The normalized spacial score (nSPS) is 27.3. The van der Waals surface area contributed by atoms with Crippen LogP contribution in [0, 0.1) is 5.92 Å². The molecule has 1 aromatic heterocycles. The highest BCUT2D eigenvalue weighted by Gasteiger charge is 2.30. The minimum atomic E-state index is 0.170. The molecule has 0 bridgehead atoms. The van der Waals surface area contributed by atoms with Crippen molar-refractivity contribution in [2.75, 3.05) is 20.1 Å². The van der Waals surface area contributed by atoms with Gasteiger partial charge in [-0.1, -0.05) is 12.2 Å². The number of amides is 1. The Morgan fingerprint density at radius 1 is 1.25 bits per heavy atom. The molecule has 0 unspecified atom stereocenters. The molecule has 5 nitrogen and oxygen atoms in total. The lowest BCUT2D eigenvalue weighted by Gasteiger charge is -2.32. The summed E-state index contributed by atoms with van der Waals surface area (Å²) in [7, 11) is 2.15. The summed E-state index contributed by atoms with van der Waals surface area (Å²) >= 11 is 0. The molecule has 0 saturated carbocycles. The molecule has 2 aliphatic heterocycles.